The van der Waals surface area contributed by atoms with E-state index >= 15 is 0 Å². The largest absolute Gasteiger partial charge is 0.383 e. The lowest BCUT2D eigenvalue weighted by molar-refractivity contribution is 0.0588. The van der Waals surface area contributed by atoms with Crippen LogP contribution in [0.4, 0.5) is 0 Å². The van der Waals surface area contributed by atoms with Crippen LogP contribution in [0.2, 0.25) is 0 Å². The molecular formula is C7H12O2. The van der Waals surface area contributed by atoms with Gasteiger partial charge in [0.15, 0.2) is 0 Å². The van der Waals surface area contributed by atoms with E-state index in [-0.39, 0.29) is 0 Å². The van der Waals surface area contributed by atoms with Crippen LogP contribution < -0.4 is 0 Å². The summed E-state index contributed by atoms with van der Waals surface area (Å²) in [5, 5.41) is 9.54. The second-order valence-electron chi connectivity index (χ2n) is 2.61. The first-order chi connectivity index (χ1) is 4.15. The molecule has 0 radical (unpaired) electrons. The highest BCUT2D eigenvalue weighted by Crippen LogP contribution is 2.24. The highest BCUT2D eigenvalue weighted by atomic mass is 16.5. The molecule has 0 aromatic rings. The Morgan fingerprint density at radius 1 is 1.78 bits per heavy atom. The molecule has 1 aliphatic rings. The van der Waals surface area contributed by atoms with Crippen molar-refractivity contribution >= 4 is 0 Å². The summed E-state index contributed by atoms with van der Waals surface area (Å²) in [6, 6.07) is 0. The van der Waals surface area contributed by atoms with Gasteiger partial charge in [0, 0.05) is 13.0 Å². The van der Waals surface area contributed by atoms with Gasteiger partial charge in [0.25, 0.3) is 0 Å². The molecule has 0 aromatic heterocycles. The van der Waals surface area contributed by atoms with E-state index in [0.29, 0.717) is 19.6 Å². The topological polar surface area (TPSA) is 29.5 Å². The molecule has 1 rings (SSSR count). The highest BCUT2D eigenvalue weighted by Gasteiger charge is 2.32. The summed E-state index contributed by atoms with van der Waals surface area (Å²) in [4.78, 5) is 0. The molecule has 1 saturated heterocycles. The molecule has 0 amide bonds. The van der Waals surface area contributed by atoms with E-state index < -0.39 is 5.60 Å². The zero-order valence-corrected chi connectivity index (χ0v) is 5.68. The summed E-state index contributed by atoms with van der Waals surface area (Å²) in [5.41, 5.74) is 0.0833. The first kappa shape index (κ1) is 6.78. The maximum Gasteiger partial charge on any atom is 0.111 e. The summed E-state index contributed by atoms with van der Waals surface area (Å²) < 4.78 is 5.01. The number of hydrogen-bond donors (Lipinski definition) is 1. The zero-order valence-electron chi connectivity index (χ0n) is 5.68. The average Bonchev–Trinajstić information content (AvgIpc) is 2.16. The van der Waals surface area contributed by atoms with E-state index in [2.05, 4.69) is 6.58 Å². The van der Waals surface area contributed by atoms with Gasteiger partial charge in [-0.25, -0.2) is 0 Å². The molecule has 1 fully saturated rings. The van der Waals surface area contributed by atoms with Crippen LogP contribution in [0.15, 0.2) is 12.2 Å². The van der Waals surface area contributed by atoms with Crippen LogP contribution in [0.1, 0.15) is 13.3 Å². The van der Waals surface area contributed by atoms with Gasteiger partial charge in [-0.1, -0.05) is 6.58 Å². The van der Waals surface area contributed by atoms with Gasteiger partial charge in [0.1, 0.15) is 5.60 Å². The predicted octanol–water partition coefficient (Wildman–Crippen LogP) is 0.714. The molecule has 2 nitrogen and oxygen atoms in total. The fourth-order valence-corrected chi connectivity index (χ4v) is 0.891. The van der Waals surface area contributed by atoms with Crippen molar-refractivity contribution in [3.8, 4) is 0 Å². The molecule has 1 heterocycles. The maximum atomic E-state index is 9.54. The van der Waals surface area contributed by atoms with Crippen molar-refractivity contribution in [1.82, 2.24) is 0 Å². The van der Waals surface area contributed by atoms with Crippen molar-refractivity contribution in [2.24, 2.45) is 0 Å². The predicted molar refractivity (Wildman–Crippen MR) is 35.2 cm³/mol. The van der Waals surface area contributed by atoms with Crippen molar-refractivity contribution in [3.63, 3.8) is 0 Å². The molecule has 1 unspecified atom stereocenters. The van der Waals surface area contributed by atoms with Gasteiger partial charge in [-0.15, -0.1) is 0 Å². The van der Waals surface area contributed by atoms with E-state index in [1.54, 1.807) is 0 Å². The van der Waals surface area contributed by atoms with Crippen LogP contribution in [0.25, 0.3) is 0 Å². The van der Waals surface area contributed by atoms with E-state index in [1.165, 1.54) is 0 Å². The Hall–Kier alpha value is -0.340. The third-order valence-corrected chi connectivity index (χ3v) is 1.80. The van der Waals surface area contributed by atoms with Gasteiger partial charge in [-0.3, -0.25) is 0 Å². The zero-order chi connectivity index (χ0) is 6.91. The number of aliphatic hydroxyl groups is 1. The van der Waals surface area contributed by atoms with Crippen molar-refractivity contribution in [1.29, 1.82) is 0 Å². The molecule has 1 aliphatic heterocycles. The molecule has 0 bridgehead atoms. The van der Waals surface area contributed by atoms with Crippen molar-refractivity contribution < 1.29 is 9.84 Å². The Morgan fingerprint density at radius 2 is 2.44 bits per heavy atom. The molecule has 0 spiro atoms. The van der Waals surface area contributed by atoms with E-state index in [4.69, 9.17) is 4.74 Å². The Kier molecular flexibility index (Phi) is 1.60. The Labute approximate surface area is 55.1 Å². The summed E-state index contributed by atoms with van der Waals surface area (Å²) in [5.74, 6) is 0. The lowest BCUT2D eigenvalue weighted by Crippen LogP contribution is -2.29. The number of rotatable bonds is 1. The highest BCUT2D eigenvalue weighted by molar-refractivity contribution is 5.11. The normalized spacial score (nSPS) is 34.9. The SMILES string of the molecule is C=C(C)C1(O)CCOC1. The number of hydrogen-bond acceptors (Lipinski definition) is 2. The molecule has 1 atom stereocenters. The Balaban J connectivity index is 2.61. The van der Waals surface area contributed by atoms with Crippen molar-refractivity contribution in [2.75, 3.05) is 13.2 Å². The van der Waals surface area contributed by atoms with E-state index in [1.807, 2.05) is 6.92 Å². The molecular weight excluding hydrogens is 116 g/mol. The molecule has 52 valence electrons. The van der Waals surface area contributed by atoms with Crippen LogP contribution in [0.5, 0.6) is 0 Å². The second kappa shape index (κ2) is 2.12. The molecule has 0 aromatic carbocycles. The van der Waals surface area contributed by atoms with Gasteiger partial charge in [0.2, 0.25) is 0 Å². The van der Waals surface area contributed by atoms with Crippen LogP contribution in [0, 0.1) is 0 Å². The lowest BCUT2D eigenvalue weighted by atomic mass is 9.96. The van der Waals surface area contributed by atoms with E-state index in [9.17, 15) is 5.11 Å². The van der Waals surface area contributed by atoms with Gasteiger partial charge >= 0.3 is 0 Å². The quantitative estimate of drug-likeness (QED) is 0.527. The second-order valence-corrected chi connectivity index (χ2v) is 2.61. The van der Waals surface area contributed by atoms with Crippen molar-refractivity contribution in [3.05, 3.63) is 12.2 Å². The molecule has 2 heteroatoms. The third kappa shape index (κ3) is 1.14. The Morgan fingerprint density at radius 3 is 2.67 bits per heavy atom. The van der Waals surface area contributed by atoms with Crippen molar-refractivity contribution in [2.45, 2.75) is 18.9 Å². The molecule has 0 saturated carbocycles. The lowest BCUT2D eigenvalue weighted by Gasteiger charge is -2.19. The minimum Gasteiger partial charge on any atom is -0.383 e. The first-order valence-corrected chi connectivity index (χ1v) is 3.11. The summed E-state index contributed by atoms with van der Waals surface area (Å²) in [6.45, 7) is 6.58. The molecule has 9 heavy (non-hydrogen) atoms. The summed E-state index contributed by atoms with van der Waals surface area (Å²) in [6.07, 6.45) is 0.697. The van der Waals surface area contributed by atoms with Gasteiger partial charge in [0.05, 0.1) is 6.61 Å². The minimum atomic E-state index is -0.722. The summed E-state index contributed by atoms with van der Waals surface area (Å²) in [7, 11) is 0. The van der Waals surface area contributed by atoms with Gasteiger partial charge < -0.3 is 9.84 Å². The average molecular weight is 128 g/mol. The Bertz CT molecular complexity index is 123. The van der Waals surface area contributed by atoms with Gasteiger partial charge in [-0.05, 0) is 12.5 Å². The fourth-order valence-electron chi connectivity index (χ4n) is 0.891. The van der Waals surface area contributed by atoms with Crippen LogP contribution in [0.3, 0.4) is 0 Å². The van der Waals surface area contributed by atoms with Crippen LogP contribution in [-0.4, -0.2) is 23.9 Å². The smallest absolute Gasteiger partial charge is 0.111 e. The third-order valence-electron chi connectivity index (χ3n) is 1.80. The van der Waals surface area contributed by atoms with E-state index in [0.717, 1.165) is 5.57 Å². The summed E-state index contributed by atoms with van der Waals surface area (Å²) >= 11 is 0. The monoisotopic (exact) mass is 128 g/mol. The number of ether oxygens (including phenoxy) is 1. The molecule has 1 N–H and O–H groups in total. The maximum absolute atomic E-state index is 9.54. The van der Waals surface area contributed by atoms with Crippen LogP contribution in [-0.2, 0) is 4.74 Å². The van der Waals surface area contributed by atoms with Crippen LogP contribution >= 0.6 is 0 Å². The fraction of sp³-hybridized carbons (Fsp3) is 0.714. The molecule has 0 aliphatic carbocycles. The standard InChI is InChI=1S/C7H12O2/c1-6(2)7(8)3-4-9-5-7/h8H,1,3-5H2,2H3. The first-order valence-electron chi connectivity index (χ1n) is 3.11. The van der Waals surface area contributed by atoms with Gasteiger partial charge in [-0.2, -0.15) is 0 Å². The minimum absolute atomic E-state index is 0.419.